The van der Waals surface area contributed by atoms with Crippen LogP contribution in [-0.4, -0.2) is 84.5 Å². The fraction of sp³-hybridized carbons (Fsp3) is 0.556. The molecule has 0 saturated carbocycles. The Labute approximate surface area is 239 Å². The lowest BCUT2D eigenvalue weighted by atomic mass is 10.0. The standard InChI is InChI=1S/C27H36ClN5O4S2/c1-27(2,34)10-3-17-39(35,36)33-15-13-31(14-16-33)21-5-6-23-24(18-21)38-26(30-23)37-22-8-11-32(12-9-22)25-7-4-20(28)19-29-25/h4-7,18-19,22,34H,3,8-17H2,1-2H3. The van der Waals surface area contributed by atoms with Crippen molar-refractivity contribution in [3.05, 3.63) is 41.6 Å². The molecule has 212 valence electrons. The van der Waals surface area contributed by atoms with Gasteiger partial charge in [0.05, 0.1) is 26.6 Å². The van der Waals surface area contributed by atoms with Crippen LogP contribution >= 0.6 is 22.9 Å². The largest absolute Gasteiger partial charge is 0.467 e. The third kappa shape index (κ3) is 7.32. The summed E-state index contributed by atoms with van der Waals surface area (Å²) in [6.45, 7) is 7.36. The number of halogens is 1. The van der Waals surface area contributed by atoms with Crippen molar-refractivity contribution in [3.63, 3.8) is 0 Å². The number of aliphatic hydroxyl groups is 1. The molecule has 2 aromatic heterocycles. The fourth-order valence-electron chi connectivity index (χ4n) is 5.08. The zero-order chi connectivity index (χ0) is 27.6. The van der Waals surface area contributed by atoms with E-state index in [0.717, 1.165) is 47.7 Å². The smallest absolute Gasteiger partial charge is 0.274 e. The number of rotatable bonds is 9. The Hall–Kier alpha value is -2.18. The van der Waals surface area contributed by atoms with E-state index >= 15 is 0 Å². The molecule has 12 heteroatoms. The van der Waals surface area contributed by atoms with Crippen molar-refractivity contribution in [1.82, 2.24) is 14.3 Å². The van der Waals surface area contributed by atoms with E-state index in [2.05, 4.69) is 26.9 Å². The summed E-state index contributed by atoms with van der Waals surface area (Å²) in [5, 5.41) is 11.2. The summed E-state index contributed by atoms with van der Waals surface area (Å²) in [5.74, 6) is 1.01. The maximum Gasteiger partial charge on any atom is 0.274 e. The molecule has 0 aliphatic carbocycles. The van der Waals surface area contributed by atoms with E-state index in [9.17, 15) is 13.5 Å². The molecular formula is C27H36ClN5O4S2. The Morgan fingerprint density at radius 2 is 1.82 bits per heavy atom. The van der Waals surface area contributed by atoms with Crippen LogP contribution in [0.4, 0.5) is 11.5 Å². The normalized spacial score (nSPS) is 18.2. The number of piperidine rings is 1. The third-order valence-electron chi connectivity index (χ3n) is 7.29. The van der Waals surface area contributed by atoms with Crippen molar-refractivity contribution in [1.29, 1.82) is 0 Å². The van der Waals surface area contributed by atoms with Crippen molar-refractivity contribution in [2.75, 3.05) is 54.8 Å². The maximum absolute atomic E-state index is 12.8. The molecule has 0 atom stereocenters. The highest BCUT2D eigenvalue weighted by Crippen LogP contribution is 2.33. The molecule has 2 aliphatic heterocycles. The second-order valence-corrected chi connectivity index (χ2v) is 14.4. The van der Waals surface area contributed by atoms with Crippen LogP contribution in [0.3, 0.4) is 0 Å². The van der Waals surface area contributed by atoms with Gasteiger partial charge in [0.15, 0.2) is 0 Å². The van der Waals surface area contributed by atoms with E-state index in [-0.39, 0.29) is 11.9 Å². The van der Waals surface area contributed by atoms with Gasteiger partial charge in [-0.3, -0.25) is 0 Å². The first-order chi connectivity index (χ1) is 18.6. The molecule has 0 spiro atoms. The first-order valence-electron chi connectivity index (χ1n) is 13.4. The van der Waals surface area contributed by atoms with E-state index in [1.807, 2.05) is 18.2 Å². The number of aromatic nitrogens is 2. The molecule has 2 fully saturated rings. The number of benzene rings is 1. The van der Waals surface area contributed by atoms with Gasteiger partial charge in [-0.15, -0.1) is 0 Å². The molecule has 0 amide bonds. The van der Waals surface area contributed by atoms with Crippen LogP contribution in [-0.2, 0) is 10.0 Å². The summed E-state index contributed by atoms with van der Waals surface area (Å²) in [7, 11) is -3.32. The van der Waals surface area contributed by atoms with Gasteiger partial charge in [0.1, 0.15) is 11.9 Å². The van der Waals surface area contributed by atoms with Gasteiger partial charge in [-0.1, -0.05) is 22.9 Å². The number of anilines is 2. The number of piperazine rings is 1. The van der Waals surface area contributed by atoms with Crippen LogP contribution in [0, 0.1) is 0 Å². The molecule has 1 aromatic carbocycles. The van der Waals surface area contributed by atoms with Gasteiger partial charge >= 0.3 is 0 Å². The Balaban J connectivity index is 1.13. The first kappa shape index (κ1) is 28.4. The lowest BCUT2D eigenvalue weighted by Crippen LogP contribution is -2.49. The number of thiazole rings is 1. The van der Waals surface area contributed by atoms with E-state index < -0.39 is 15.6 Å². The van der Waals surface area contributed by atoms with Crippen molar-refractivity contribution in [2.24, 2.45) is 0 Å². The Kier molecular flexibility index (Phi) is 8.54. The second-order valence-electron chi connectivity index (χ2n) is 10.9. The van der Waals surface area contributed by atoms with Crippen molar-refractivity contribution in [3.8, 4) is 5.19 Å². The quantitative estimate of drug-likeness (QED) is 0.390. The number of fused-ring (bicyclic) bond motifs is 1. The summed E-state index contributed by atoms with van der Waals surface area (Å²) in [4.78, 5) is 13.6. The summed E-state index contributed by atoms with van der Waals surface area (Å²) >= 11 is 7.52. The van der Waals surface area contributed by atoms with Crippen LogP contribution < -0.4 is 14.5 Å². The SMILES string of the molecule is CC(C)(O)CCCS(=O)(=O)N1CCN(c2ccc3nc(OC4CCN(c5ccc(Cl)cn5)CC4)sc3c2)CC1. The molecule has 0 unspecified atom stereocenters. The predicted molar refractivity (Wildman–Crippen MR) is 158 cm³/mol. The zero-order valence-electron chi connectivity index (χ0n) is 22.4. The van der Waals surface area contributed by atoms with Crippen LogP contribution in [0.5, 0.6) is 5.19 Å². The number of ether oxygens (including phenoxy) is 1. The molecule has 2 aliphatic rings. The Bertz CT molecular complexity index is 1360. The summed E-state index contributed by atoms with van der Waals surface area (Å²) in [6, 6.07) is 10.0. The van der Waals surface area contributed by atoms with Gasteiger partial charge in [-0.25, -0.2) is 18.4 Å². The molecule has 0 radical (unpaired) electrons. The maximum atomic E-state index is 12.8. The van der Waals surface area contributed by atoms with Crippen LogP contribution in [0.15, 0.2) is 36.5 Å². The van der Waals surface area contributed by atoms with Gasteiger partial charge in [0.2, 0.25) is 10.0 Å². The number of hydrogen-bond donors (Lipinski definition) is 1. The molecule has 4 heterocycles. The van der Waals surface area contributed by atoms with Crippen LogP contribution in [0.2, 0.25) is 5.02 Å². The highest BCUT2D eigenvalue weighted by Gasteiger charge is 2.28. The number of hydrogen-bond acceptors (Lipinski definition) is 9. The third-order valence-corrected chi connectivity index (χ3v) is 10.4. The zero-order valence-corrected chi connectivity index (χ0v) is 24.8. The minimum atomic E-state index is -3.32. The molecule has 39 heavy (non-hydrogen) atoms. The van der Waals surface area contributed by atoms with Crippen LogP contribution in [0.25, 0.3) is 10.2 Å². The topological polar surface area (TPSA) is 99.1 Å². The highest BCUT2D eigenvalue weighted by molar-refractivity contribution is 7.89. The van der Waals surface area contributed by atoms with E-state index in [1.165, 1.54) is 0 Å². The summed E-state index contributed by atoms with van der Waals surface area (Å²) < 4.78 is 34.4. The molecule has 3 aromatic rings. The van der Waals surface area contributed by atoms with Gasteiger partial charge in [0.25, 0.3) is 5.19 Å². The Morgan fingerprint density at radius 3 is 2.49 bits per heavy atom. The van der Waals surface area contributed by atoms with Crippen molar-refractivity contribution in [2.45, 2.75) is 51.2 Å². The summed E-state index contributed by atoms with van der Waals surface area (Å²) in [6.07, 6.45) is 4.52. The fourth-order valence-corrected chi connectivity index (χ4v) is 7.59. The number of sulfonamides is 1. The predicted octanol–water partition coefficient (Wildman–Crippen LogP) is 4.40. The molecule has 1 N–H and O–H groups in total. The van der Waals surface area contributed by atoms with Crippen molar-refractivity contribution < 1.29 is 18.3 Å². The average molecular weight is 594 g/mol. The number of nitrogens with zero attached hydrogens (tertiary/aromatic N) is 5. The Morgan fingerprint density at radius 1 is 1.08 bits per heavy atom. The average Bonchev–Trinajstić information content (AvgIpc) is 3.30. The monoisotopic (exact) mass is 593 g/mol. The summed E-state index contributed by atoms with van der Waals surface area (Å²) in [5.41, 5.74) is 1.14. The number of pyridine rings is 1. The molecule has 2 saturated heterocycles. The minimum absolute atomic E-state index is 0.0730. The van der Waals surface area contributed by atoms with Gasteiger partial charge in [0, 0.05) is 64.0 Å². The lowest BCUT2D eigenvalue weighted by Gasteiger charge is -2.35. The van der Waals surface area contributed by atoms with E-state index in [0.29, 0.717) is 49.2 Å². The molecular weight excluding hydrogens is 558 g/mol. The second kappa shape index (κ2) is 11.7. The van der Waals surface area contributed by atoms with Crippen molar-refractivity contribution >= 4 is 54.7 Å². The highest BCUT2D eigenvalue weighted by atomic mass is 35.5. The molecule has 5 rings (SSSR count). The lowest BCUT2D eigenvalue weighted by molar-refractivity contribution is 0.0704. The van der Waals surface area contributed by atoms with Gasteiger partial charge in [-0.2, -0.15) is 4.31 Å². The van der Waals surface area contributed by atoms with Gasteiger partial charge < -0.3 is 19.6 Å². The minimum Gasteiger partial charge on any atom is -0.467 e. The van der Waals surface area contributed by atoms with Gasteiger partial charge in [-0.05, 0) is 57.0 Å². The van der Waals surface area contributed by atoms with Crippen LogP contribution in [0.1, 0.15) is 39.5 Å². The molecule has 0 bridgehead atoms. The first-order valence-corrected chi connectivity index (χ1v) is 16.2. The van der Waals surface area contributed by atoms with E-state index in [4.69, 9.17) is 21.3 Å². The van der Waals surface area contributed by atoms with E-state index in [1.54, 1.807) is 35.7 Å². The molecule has 9 nitrogen and oxygen atoms in total.